The second kappa shape index (κ2) is 7.62. The van der Waals surface area contributed by atoms with Crippen LogP contribution < -0.4 is 0 Å². The van der Waals surface area contributed by atoms with Crippen LogP contribution in [0.1, 0.15) is 52.4 Å². The smallest absolute Gasteiger partial charge is 0.310 e. The van der Waals surface area contributed by atoms with Crippen molar-refractivity contribution in [2.24, 2.45) is 5.41 Å². The maximum atomic E-state index is 12.5. The number of aliphatic carboxylic acids is 1. The molecule has 5 heteroatoms. The van der Waals surface area contributed by atoms with Crippen LogP contribution in [0.2, 0.25) is 0 Å². The highest BCUT2D eigenvalue weighted by molar-refractivity contribution is 5.85. The Hall–Kier alpha value is -1.10. The van der Waals surface area contributed by atoms with Gasteiger partial charge in [-0.25, -0.2) is 0 Å². The van der Waals surface area contributed by atoms with Crippen LogP contribution in [0.4, 0.5) is 0 Å². The zero-order valence-electron chi connectivity index (χ0n) is 12.9. The molecule has 0 bridgehead atoms. The fraction of sp³-hybridized carbons (Fsp3) is 0.867. The van der Waals surface area contributed by atoms with Crippen LogP contribution in [-0.4, -0.2) is 48.2 Å². The second-order valence-corrected chi connectivity index (χ2v) is 5.81. The molecular formula is C15H27NO4. The summed E-state index contributed by atoms with van der Waals surface area (Å²) in [5.41, 5.74) is -0.837. The van der Waals surface area contributed by atoms with Gasteiger partial charge < -0.3 is 14.7 Å². The number of nitrogens with zero attached hydrogens (tertiary/aromatic N) is 1. The average molecular weight is 285 g/mol. The maximum Gasteiger partial charge on any atom is 0.310 e. The van der Waals surface area contributed by atoms with E-state index in [9.17, 15) is 14.7 Å². The third kappa shape index (κ3) is 3.95. The number of hydrogen-bond acceptors (Lipinski definition) is 3. The molecule has 0 spiro atoms. The molecule has 1 fully saturated rings. The van der Waals surface area contributed by atoms with E-state index in [1.165, 1.54) is 0 Å². The summed E-state index contributed by atoms with van der Waals surface area (Å²) in [6.07, 6.45) is 4.02. The molecule has 1 aliphatic carbocycles. The number of rotatable bonds is 8. The molecule has 1 aliphatic rings. The van der Waals surface area contributed by atoms with Crippen molar-refractivity contribution in [3.63, 3.8) is 0 Å². The molecule has 5 nitrogen and oxygen atoms in total. The molecule has 0 radical (unpaired) electrons. The standard InChI is InChI=1S/C15H27NO4/c1-4-12(2)16(9-10-20-3)13(17)11-15(14(18)19)7-5-6-8-15/h12H,4-11H2,1-3H3,(H,18,19). The van der Waals surface area contributed by atoms with Gasteiger partial charge in [-0.15, -0.1) is 0 Å². The molecule has 1 rings (SSSR count). The van der Waals surface area contributed by atoms with E-state index in [0.29, 0.717) is 26.0 Å². The lowest BCUT2D eigenvalue weighted by molar-refractivity contribution is -0.154. The summed E-state index contributed by atoms with van der Waals surface area (Å²) < 4.78 is 5.05. The van der Waals surface area contributed by atoms with Crippen molar-refractivity contribution < 1.29 is 19.4 Å². The first-order valence-corrected chi connectivity index (χ1v) is 7.48. The Balaban J connectivity index is 2.75. The van der Waals surface area contributed by atoms with E-state index in [1.54, 1.807) is 12.0 Å². The number of carboxylic acid groups (broad SMARTS) is 1. The molecule has 0 aromatic heterocycles. The fourth-order valence-corrected chi connectivity index (χ4v) is 2.91. The van der Waals surface area contributed by atoms with Crippen LogP contribution in [0.3, 0.4) is 0 Å². The molecular weight excluding hydrogens is 258 g/mol. The normalized spacial score (nSPS) is 18.8. The molecule has 20 heavy (non-hydrogen) atoms. The number of methoxy groups -OCH3 is 1. The monoisotopic (exact) mass is 285 g/mol. The number of carbonyl (C=O) groups excluding carboxylic acids is 1. The molecule has 0 aromatic carbocycles. The third-order valence-corrected chi connectivity index (χ3v) is 4.48. The SMILES string of the molecule is CCC(C)N(CCOC)C(=O)CC1(C(=O)O)CCCC1. The van der Waals surface area contributed by atoms with Crippen molar-refractivity contribution in [1.82, 2.24) is 4.90 Å². The second-order valence-electron chi connectivity index (χ2n) is 5.81. The highest BCUT2D eigenvalue weighted by Crippen LogP contribution is 2.41. The molecule has 0 saturated heterocycles. The number of amides is 1. The largest absolute Gasteiger partial charge is 0.481 e. The third-order valence-electron chi connectivity index (χ3n) is 4.48. The zero-order chi connectivity index (χ0) is 15.2. The predicted octanol–water partition coefficient (Wildman–Crippen LogP) is 2.29. The van der Waals surface area contributed by atoms with Gasteiger partial charge in [0.05, 0.1) is 12.0 Å². The molecule has 1 N–H and O–H groups in total. The minimum atomic E-state index is -0.837. The van der Waals surface area contributed by atoms with Crippen molar-refractivity contribution >= 4 is 11.9 Å². The quantitative estimate of drug-likeness (QED) is 0.743. The van der Waals surface area contributed by atoms with Crippen molar-refractivity contribution in [2.75, 3.05) is 20.3 Å². The Bertz CT molecular complexity index is 337. The molecule has 0 aliphatic heterocycles. The van der Waals surface area contributed by atoms with E-state index in [-0.39, 0.29) is 18.4 Å². The summed E-state index contributed by atoms with van der Waals surface area (Å²) in [5, 5.41) is 9.47. The molecule has 116 valence electrons. The number of carbonyl (C=O) groups is 2. The van der Waals surface area contributed by atoms with Crippen LogP contribution in [-0.2, 0) is 14.3 Å². The Labute approximate surface area is 121 Å². The van der Waals surface area contributed by atoms with Crippen LogP contribution in [0.25, 0.3) is 0 Å². The van der Waals surface area contributed by atoms with Crippen molar-refractivity contribution in [2.45, 2.75) is 58.4 Å². The lowest BCUT2D eigenvalue weighted by atomic mass is 9.82. The first-order chi connectivity index (χ1) is 9.46. The average Bonchev–Trinajstić information content (AvgIpc) is 2.88. The van der Waals surface area contributed by atoms with Gasteiger partial charge in [0, 0.05) is 26.1 Å². The van der Waals surface area contributed by atoms with Crippen molar-refractivity contribution in [1.29, 1.82) is 0 Å². The lowest BCUT2D eigenvalue weighted by Gasteiger charge is -2.32. The summed E-state index contributed by atoms with van der Waals surface area (Å²) in [4.78, 5) is 25.8. The summed E-state index contributed by atoms with van der Waals surface area (Å²) in [6, 6.07) is 0.116. The van der Waals surface area contributed by atoms with Gasteiger partial charge in [0.15, 0.2) is 0 Å². The molecule has 1 unspecified atom stereocenters. The Morgan fingerprint density at radius 2 is 1.95 bits per heavy atom. The number of hydrogen-bond donors (Lipinski definition) is 1. The van der Waals surface area contributed by atoms with E-state index in [2.05, 4.69) is 0 Å². The van der Waals surface area contributed by atoms with Gasteiger partial charge in [-0.3, -0.25) is 9.59 Å². The van der Waals surface area contributed by atoms with E-state index in [0.717, 1.165) is 19.3 Å². The summed E-state index contributed by atoms with van der Waals surface area (Å²) in [6.45, 7) is 5.03. The minimum absolute atomic E-state index is 0.0549. The fourth-order valence-electron chi connectivity index (χ4n) is 2.91. The maximum absolute atomic E-state index is 12.5. The first-order valence-electron chi connectivity index (χ1n) is 7.48. The summed E-state index contributed by atoms with van der Waals surface area (Å²) in [7, 11) is 1.61. The van der Waals surface area contributed by atoms with Crippen LogP contribution in [0.5, 0.6) is 0 Å². The summed E-state index contributed by atoms with van der Waals surface area (Å²) >= 11 is 0. The number of carboxylic acids is 1. The van der Waals surface area contributed by atoms with Gasteiger partial charge in [-0.1, -0.05) is 19.8 Å². The van der Waals surface area contributed by atoms with Gasteiger partial charge >= 0.3 is 5.97 Å². The molecule has 0 aromatic rings. The van der Waals surface area contributed by atoms with Crippen molar-refractivity contribution in [3.05, 3.63) is 0 Å². The minimum Gasteiger partial charge on any atom is -0.481 e. The van der Waals surface area contributed by atoms with E-state index in [1.807, 2.05) is 13.8 Å². The van der Waals surface area contributed by atoms with Crippen LogP contribution in [0.15, 0.2) is 0 Å². The van der Waals surface area contributed by atoms with E-state index < -0.39 is 11.4 Å². The van der Waals surface area contributed by atoms with Gasteiger partial charge in [-0.2, -0.15) is 0 Å². The number of ether oxygens (including phenoxy) is 1. The molecule has 1 saturated carbocycles. The summed E-state index contributed by atoms with van der Waals surface area (Å²) in [5.74, 6) is -0.875. The Morgan fingerprint density at radius 1 is 1.35 bits per heavy atom. The highest BCUT2D eigenvalue weighted by atomic mass is 16.5. The predicted molar refractivity (Wildman–Crippen MR) is 76.5 cm³/mol. The Morgan fingerprint density at radius 3 is 2.40 bits per heavy atom. The molecule has 0 heterocycles. The Kier molecular flexibility index (Phi) is 6.46. The van der Waals surface area contributed by atoms with Crippen molar-refractivity contribution in [3.8, 4) is 0 Å². The van der Waals surface area contributed by atoms with E-state index >= 15 is 0 Å². The highest BCUT2D eigenvalue weighted by Gasteiger charge is 2.44. The van der Waals surface area contributed by atoms with Crippen LogP contribution >= 0.6 is 0 Å². The van der Waals surface area contributed by atoms with Crippen LogP contribution in [0, 0.1) is 5.41 Å². The zero-order valence-corrected chi connectivity index (χ0v) is 12.9. The molecule has 1 atom stereocenters. The van der Waals surface area contributed by atoms with Gasteiger partial charge in [0.2, 0.25) is 5.91 Å². The van der Waals surface area contributed by atoms with E-state index in [4.69, 9.17) is 4.74 Å². The van der Waals surface area contributed by atoms with Gasteiger partial charge in [0.25, 0.3) is 0 Å². The molecule has 1 amide bonds. The lowest BCUT2D eigenvalue weighted by Crippen LogP contribution is -2.44. The topological polar surface area (TPSA) is 66.8 Å². The van der Waals surface area contributed by atoms with Gasteiger partial charge in [0.1, 0.15) is 0 Å². The van der Waals surface area contributed by atoms with Gasteiger partial charge in [-0.05, 0) is 26.2 Å². The first kappa shape index (κ1) is 17.0.